The lowest BCUT2D eigenvalue weighted by Gasteiger charge is -2.19. The van der Waals surface area contributed by atoms with Gasteiger partial charge >= 0.3 is 19.8 Å². The molecule has 0 amide bonds. The number of unbranched alkanes of at least 4 members (excludes halogenated alkanes) is 11. The Morgan fingerprint density at radius 2 is 1.35 bits per heavy atom. The highest BCUT2D eigenvalue weighted by Crippen LogP contribution is 2.43. The molecule has 0 aromatic heterocycles. The summed E-state index contributed by atoms with van der Waals surface area (Å²) in [5.41, 5.74) is 5.26. The molecule has 0 heterocycles. The maximum atomic E-state index is 12.3. The Kier molecular flexibility index (Phi) is 24.2. The monoisotopic (exact) mass is 549 g/mol. The summed E-state index contributed by atoms with van der Waals surface area (Å²) in [4.78, 5) is 33.8. The Labute approximate surface area is 224 Å². The van der Waals surface area contributed by atoms with Crippen LogP contribution in [0, 0.1) is 0 Å². The predicted molar refractivity (Wildman–Crippen MR) is 146 cm³/mol. The van der Waals surface area contributed by atoms with Crippen LogP contribution in [0.25, 0.3) is 0 Å². The van der Waals surface area contributed by atoms with Crippen LogP contribution in [0.1, 0.15) is 117 Å². The summed E-state index contributed by atoms with van der Waals surface area (Å²) in [6, 6.07) is 0. The zero-order chi connectivity index (χ0) is 27.6. The Balaban J connectivity index is 4.16. The van der Waals surface area contributed by atoms with Crippen LogP contribution in [-0.4, -0.2) is 49.3 Å². The molecule has 218 valence electrons. The second-order valence-corrected chi connectivity index (χ2v) is 10.7. The number of hydrogen-bond donors (Lipinski definition) is 2. The fourth-order valence-electron chi connectivity index (χ4n) is 3.49. The normalized spacial score (nSPS) is 13.9. The average molecular weight is 550 g/mol. The lowest BCUT2D eigenvalue weighted by Crippen LogP contribution is -2.29. The molecule has 0 spiro atoms. The van der Waals surface area contributed by atoms with Gasteiger partial charge in [-0.15, -0.1) is 0 Å². The van der Waals surface area contributed by atoms with E-state index in [4.69, 9.17) is 19.7 Å². The Morgan fingerprint density at radius 3 is 1.97 bits per heavy atom. The van der Waals surface area contributed by atoms with Gasteiger partial charge in [-0.1, -0.05) is 77.4 Å². The summed E-state index contributed by atoms with van der Waals surface area (Å²) in [5, 5.41) is 0. The zero-order valence-corrected chi connectivity index (χ0v) is 24.1. The molecule has 0 rings (SSSR count). The number of carbonyl (C=O) groups excluding carboxylic acids is 2. The lowest BCUT2D eigenvalue weighted by molar-refractivity contribution is -0.161. The fraction of sp³-hybridized carbons (Fsp3) is 0.852. The van der Waals surface area contributed by atoms with Gasteiger partial charge in [-0.25, -0.2) is 4.57 Å². The van der Waals surface area contributed by atoms with Crippen molar-refractivity contribution in [3.63, 3.8) is 0 Å². The van der Waals surface area contributed by atoms with E-state index in [1.54, 1.807) is 0 Å². The van der Waals surface area contributed by atoms with Crippen LogP contribution in [0.15, 0.2) is 12.2 Å². The van der Waals surface area contributed by atoms with Crippen LogP contribution < -0.4 is 5.73 Å². The van der Waals surface area contributed by atoms with Crippen molar-refractivity contribution in [2.24, 2.45) is 5.73 Å². The van der Waals surface area contributed by atoms with E-state index in [2.05, 4.69) is 23.6 Å². The molecule has 37 heavy (non-hydrogen) atoms. The van der Waals surface area contributed by atoms with Crippen LogP contribution in [-0.2, 0) is 32.7 Å². The summed E-state index contributed by atoms with van der Waals surface area (Å²) in [6.45, 7) is 3.40. The molecule has 0 saturated heterocycles. The first-order valence-electron chi connectivity index (χ1n) is 14.2. The smallest absolute Gasteiger partial charge is 0.462 e. The number of carbonyl (C=O) groups is 2. The number of nitrogens with two attached hydrogens (primary N) is 1. The number of ether oxygens (including phenoxy) is 2. The van der Waals surface area contributed by atoms with Gasteiger partial charge in [-0.3, -0.25) is 18.6 Å². The van der Waals surface area contributed by atoms with Crippen molar-refractivity contribution in [1.82, 2.24) is 0 Å². The molecule has 0 saturated carbocycles. The van der Waals surface area contributed by atoms with E-state index in [0.717, 1.165) is 38.5 Å². The fourth-order valence-corrected chi connectivity index (χ4v) is 4.25. The van der Waals surface area contributed by atoms with E-state index in [0.29, 0.717) is 12.8 Å². The molecular formula is C27H52NO8P. The standard InChI is InChI=1S/C27H52NO8P/c1-3-5-7-8-9-10-11-12-13-14-15-16-17-18-20-27(30)36-25(23-33-26(29)19-6-4-2)24-35-37(31,32)34-22-21-28/h11-12,25H,3-10,13-24,28H2,1-2H3,(H,31,32)/b12-11-. The topological polar surface area (TPSA) is 134 Å². The molecule has 9 nitrogen and oxygen atoms in total. The summed E-state index contributed by atoms with van der Waals surface area (Å²) in [5.74, 6) is -0.882. The maximum Gasteiger partial charge on any atom is 0.472 e. The van der Waals surface area contributed by atoms with Gasteiger partial charge in [0.05, 0.1) is 13.2 Å². The van der Waals surface area contributed by atoms with Crippen molar-refractivity contribution < 1.29 is 37.6 Å². The van der Waals surface area contributed by atoms with Gasteiger partial charge < -0.3 is 20.1 Å². The van der Waals surface area contributed by atoms with Gasteiger partial charge in [0.1, 0.15) is 6.61 Å². The third-order valence-corrected chi connectivity index (χ3v) is 6.64. The van der Waals surface area contributed by atoms with Gasteiger partial charge in [-0.2, -0.15) is 0 Å². The predicted octanol–water partition coefficient (Wildman–Crippen LogP) is 6.37. The van der Waals surface area contributed by atoms with E-state index in [-0.39, 0.29) is 32.6 Å². The molecular weight excluding hydrogens is 497 g/mol. The second-order valence-electron chi connectivity index (χ2n) is 9.27. The van der Waals surface area contributed by atoms with Crippen LogP contribution in [0.2, 0.25) is 0 Å². The van der Waals surface area contributed by atoms with Gasteiger partial charge in [0.15, 0.2) is 6.10 Å². The number of hydrogen-bond acceptors (Lipinski definition) is 8. The van der Waals surface area contributed by atoms with Crippen molar-refractivity contribution in [3.05, 3.63) is 12.2 Å². The summed E-state index contributed by atoms with van der Waals surface area (Å²) >= 11 is 0. The maximum absolute atomic E-state index is 12.3. The van der Waals surface area contributed by atoms with Crippen molar-refractivity contribution in [1.29, 1.82) is 0 Å². The first kappa shape index (κ1) is 35.8. The van der Waals surface area contributed by atoms with Gasteiger partial charge in [0, 0.05) is 19.4 Å². The molecule has 0 bridgehead atoms. The highest BCUT2D eigenvalue weighted by Gasteiger charge is 2.25. The number of phosphoric ester groups is 1. The number of esters is 2. The Hall–Kier alpha value is -1.25. The zero-order valence-electron chi connectivity index (χ0n) is 23.2. The van der Waals surface area contributed by atoms with Crippen LogP contribution in [0.3, 0.4) is 0 Å². The lowest BCUT2D eigenvalue weighted by atomic mass is 10.1. The molecule has 3 N–H and O–H groups in total. The first-order valence-corrected chi connectivity index (χ1v) is 15.7. The Bertz CT molecular complexity index is 644. The van der Waals surface area contributed by atoms with Crippen molar-refractivity contribution in [3.8, 4) is 0 Å². The first-order chi connectivity index (χ1) is 17.8. The highest BCUT2D eigenvalue weighted by molar-refractivity contribution is 7.47. The van der Waals surface area contributed by atoms with E-state index in [1.807, 2.05) is 6.92 Å². The quantitative estimate of drug-likeness (QED) is 0.0546. The molecule has 0 fully saturated rings. The van der Waals surface area contributed by atoms with Crippen LogP contribution in [0.4, 0.5) is 0 Å². The molecule has 0 aromatic rings. The summed E-state index contributed by atoms with van der Waals surface area (Å²) in [7, 11) is -4.34. The molecule has 2 unspecified atom stereocenters. The minimum absolute atomic E-state index is 0.0528. The minimum atomic E-state index is -4.34. The van der Waals surface area contributed by atoms with E-state index < -0.39 is 32.5 Å². The molecule has 0 aliphatic carbocycles. The van der Waals surface area contributed by atoms with Gasteiger partial charge in [-0.05, 0) is 38.5 Å². The van der Waals surface area contributed by atoms with Crippen LogP contribution in [0.5, 0.6) is 0 Å². The third-order valence-electron chi connectivity index (χ3n) is 5.65. The molecule has 2 atom stereocenters. The SMILES string of the molecule is CCCCCCC/C=C\CCCCCCCC(=O)OC(COC(=O)CCCC)COP(=O)(O)OCCN. The number of allylic oxidation sites excluding steroid dienone is 2. The van der Waals surface area contributed by atoms with E-state index >= 15 is 0 Å². The molecule has 0 radical (unpaired) electrons. The van der Waals surface area contributed by atoms with Gasteiger partial charge in [0.2, 0.25) is 0 Å². The molecule has 0 aliphatic rings. The third kappa shape index (κ3) is 24.8. The molecule has 0 aromatic carbocycles. The van der Waals surface area contributed by atoms with Crippen molar-refractivity contribution in [2.75, 3.05) is 26.4 Å². The van der Waals surface area contributed by atoms with Gasteiger partial charge in [0.25, 0.3) is 0 Å². The molecule has 10 heteroatoms. The highest BCUT2D eigenvalue weighted by atomic mass is 31.2. The minimum Gasteiger partial charge on any atom is -0.462 e. The van der Waals surface area contributed by atoms with E-state index in [1.165, 1.54) is 38.5 Å². The summed E-state index contributed by atoms with van der Waals surface area (Å²) < 4.78 is 31.9. The number of phosphoric acid groups is 1. The summed E-state index contributed by atoms with van der Waals surface area (Å²) in [6.07, 6.45) is 19.3. The van der Waals surface area contributed by atoms with Crippen molar-refractivity contribution >= 4 is 19.8 Å². The van der Waals surface area contributed by atoms with Crippen molar-refractivity contribution in [2.45, 2.75) is 123 Å². The number of rotatable bonds is 26. The Morgan fingerprint density at radius 1 is 0.784 bits per heavy atom. The molecule has 0 aliphatic heterocycles. The second kappa shape index (κ2) is 25.1. The van der Waals surface area contributed by atoms with E-state index in [9.17, 15) is 19.0 Å². The largest absolute Gasteiger partial charge is 0.472 e. The van der Waals surface area contributed by atoms with Crippen LogP contribution >= 0.6 is 7.82 Å². The average Bonchev–Trinajstić information content (AvgIpc) is 2.88.